The zero-order chi connectivity index (χ0) is 18.7. The molecule has 2 aromatic rings. The second-order valence-corrected chi connectivity index (χ2v) is 8.55. The van der Waals surface area contributed by atoms with Gasteiger partial charge in [0.2, 0.25) is 10.0 Å². The van der Waals surface area contributed by atoms with Gasteiger partial charge in [0.05, 0.1) is 10.9 Å². The Hall–Kier alpha value is -2.18. The molecule has 0 spiro atoms. The number of nitrogens with one attached hydrogen (secondary N) is 2. The fourth-order valence-electron chi connectivity index (χ4n) is 3.31. The lowest BCUT2D eigenvalue weighted by molar-refractivity contribution is 0.0939. The van der Waals surface area contributed by atoms with Crippen molar-refractivity contribution in [2.45, 2.75) is 43.5 Å². The van der Waals surface area contributed by atoms with Gasteiger partial charge in [0, 0.05) is 5.56 Å². The molecule has 0 aliphatic heterocycles. The first kappa shape index (κ1) is 18.6. The van der Waals surface area contributed by atoms with E-state index in [4.69, 9.17) is 0 Å². The maximum absolute atomic E-state index is 12.6. The van der Waals surface area contributed by atoms with Crippen LogP contribution in [0.15, 0.2) is 47.4 Å². The normalized spacial score (nSPS) is 15.2. The van der Waals surface area contributed by atoms with Crippen LogP contribution in [0.25, 0.3) is 0 Å². The number of amides is 1. The van der Waals surface area contributed by atoms with Crippen molar-refractivity contribution in [1.82, 2.24) is 10.0 Å². The zero-order valence-electron chi connectivity index (χ0n) is 15.1. The number of sulfonamides is 1. The number of hydrogen-bond acceptors (Lipinski definition) is 3. The molecule has 0 heterocycles. The van der Waals surface area contributed by atoms with Gasteiger partial charge >= 0.3 is 0 Å². The van der Waals surface area contributed by atoms with Gasteiger partial charge in [0.25, 0.3) is 5.91 Å². The number of aryl methyl sites for hydroxylation is 2. The number of rotatable bonds is 5. The lowest BCUT2D eigenvalue weighted by Crippen LogP contribution is -2.27. The Morgan fingerprint density at radius 3 is 2.50 bits per heavy atom. The number of hydrogen-bond donors (Lipinski definition) is 2. The highest BCUT2D eigenvalue weighted by Gasteiger charge is 2.17. The first-order chi connectivity index (χ1) is 12.4. The molecule has 0 radical (unpaired) electrons. The van der Waals surface area contributed by atoms with E-state index in [1.807, 2.05) is 6.92 Å². The minimum Gasteiger partial charge on any atom is -0.346 e. The van der Waals surface area contributed by atoms with Crippen LogP contribution in [0.1, 0.15) is 52.9 Å². The number of benzene rings is 2. The first-order valence-corrected chi connectivity index (χ1v) is 10.4. The van der Waals surface area contributed by atoms with E-state index in [9.17, 15) is 13.2 Å². The van der Waals surface area contributed by atoms with Crippen LogP contribution >= 0.6 is 0 Å². The predicted molar refractivity (Wildman–Crippen MR) is 102 cm³/mol. The summed E-state index contributed by atoms with van der Waals surface area (Å²) >= 11 is 0. The molecule has 0 fully saturated rings. The highest BCUT2D eigenvalue weighted by Crippen LogP contribution is 2.25. The Kier molecular flexibility index (Phi) is 5.44. The Bertz CT molecular complexity index is 922. The minimum atomic E-state index is -3.58. The molecule has 1 amide bonds. The van der Waals surface area contributed by atoms with Crippen LogP contribution < -0.4 is 10.0 Å². The van der Waals surface area contributed by atoms with Crippen LogP contribution in [0.3, 0.4) is 0 Å². The van der Waals surface area contributed by atoms with E-state index < -0.39 is 10.0 Å². The largest absolute Gasteiger partial charge is 0.346 e. The molecule has 1 aliphatic rings. The summed E-state index contributed by atoms with van der Waals surface area (Å²) in [4.78, 5) is 12.6. The summed E-state index contributed by atoms with van der Waals surface area (Å²) in [5.41, 5.74) is 4.17. The molecular formula is C20H24N2O3S. The molecule has 2 N–H and O–H groups in total. The molecule has 0 saturated heterocycles. The van der Waals surface area contributed by atoms with Crippen LogP contribution in [0.2, 0.25) is 0 Å². The van der Waals surface area contributed by atoms with Crippen molar-refractivity contribution < 1.29 is 13.2 Å². The SMILES string of the molecule is CNS(=O)(=O)c1cccc(C(=O)N[C@@H](C)c2ccc3c(c2)CCCC3)c1. The highest BCUT2D eigenvalue weighted by atomic mass is 32.2. The molecule has 0 unspecified atom stereocenters. The fourth-order valence-corrected chi connectivity index (χ4v) is 4.08. The molecule has 6 heteroatoms. The van der Waals surface area contributed by atoms with Gasteiger partial charge < -0.3 is 5.32 Å². The minimum absolute atomic E-state index is 0.0779. The predicted octanol–water partition coefficient (Wildman–Crippen LogP) is 2.96. The topological polar surface area (TPSA) is 75.3 Å². The molecule has 2 aromatic carbocycles. The van der Waals surface area contributed by atoms with Gasteiger partial charge in [-0.2, -0.15) is 0 Å². The summed E-state index contributed by atoms with van der Waals surface area (Å²) in [6.07, 6.45) is 4.67. The molecule has 26 heavy (non-hydrogen) atoms. The number of carbonyl (C=O) groups is 1. The third-order valence-electron chi connectivity index (χ3n) is 4.90. The Morgan fingerprint density at radius 1 is 1.04 bits per heavy atom. The van der Waals surface area contributed by atoms with Gasteiger partial charge in [-0.1, -0.05) is 24.3 Å². The van der Waals surface area contributed by atoms with Crippen LogP contribution in [-0.4, -0.2) is 21.4 Å². The fraction of sp³-hybridized carbons (Fsp3) is 0.350. The average molecular weight is 372 g/mol. The van der Waals surface area contributed by atoms with Crippen molar-refractivity contribution in [3.63, 3.8) is 0 Å². The zero-order valence-corrected chi connectivity index (χ0v) is 15.9. The van der Waals surface area contributed by atoms with E-state index in [0.29, 0.717) is 5.56 Å². The molecule has 0 aromatic heterocycles. The standard InChI is InChI=1S/C20H24N2O3S/c1-14(16-11-10-15-6-3-4-7-17(15)12-16)22-20(23)18-8-5-9-19(13-18)26(24,25)21-2/h5,8-14,21H,3-4,6-7H2,1-2H3,(H,22,23)/t14-/m0/s1. The summed E-state index contributed by atoms with van der Waals surface area (Å²) in [7, 11) is -2.23. The first-order valence-electron chi connectivity index (χ1n) is 8.87. The van der Waals surface area contributed by atoms with Crippen LogP contribution in [0.5, 0.6) is 0 Å². The second kappa shape index (κ2) is 7.60. The van der Waals surface area contributed by atoms with E-state index in [-0.39, 0.29) is 16.8 Å². The molecular weight excluding hydrogens is 348 g/mol. The lowest BCUT2D eigenvalue weighted by Gasteiger charge is -2.20. The summed E-state index contributed by atoms with van der Waals surface area (Å²) in [5, 5.41) is 2.96. The maximum atomic E-state index is 12.6. The lowest BCUT2D eigenvalue weighted by atomic mass is 9.89. The second-order valence-electron chi connectivity index (χ2n) is 6.67. The molecule has 0 bridgehead atoms. The van der Waals surface area contributed by atoms with Crippen LogP contribution in [-0.2, 0) is 22.9 Å². The molecule has 138 valence electrons. The van der Waals surface area contributed by atoms with Crippen molar-refractivity contribution >= 4 is 15.9 Å². The van der Waals surface area contributed by atoms with Gasteiger partial charge in [-0.05, 0) is 74.5 Å². The van der Waals surface area contributed by atoms with Crippen molar-refractivity contribution in [3.05, 3.63) is 64.7 Å². The van der Waals surface area contributed by atoms with E-state index >= 15 is 0 Å². The van der Waals surface area contributed by atoms with Crippen molar-refractivity contribution in [1.29, 1.82) is 0 Å². The number of fused-ring (bicyclic) bond motifs is 1. The Morgan fingerprint density at radius 2 is 1.77 bits per heavy atom. The quantitative estimate of drug-likeness (QED) is 0.847. The van der Waals surface area contributed by atoms with E-state index in [1.165, 1.54) is 43.1 Å². The highest BCUT2D eigenvalue weighted by molar-refractivity contribution is 7.89. The average Bonchev–Trinajstić information content (AvgIpc) is 2.67. The third-order valence-corrected chi connectivity index (χ3v) is 6.31. The van der Waals surface area contributed by atoms with Crippen LogP contribution in [0, 0.1) is 0 Å². The maximum Gasteiger partial charge on any atom is 0.251 e. The molecule has 0 saturated carbocycles. The van der Waals surface area contributed by atoms with E-state index in [1.54, 1.807) is 12.1 Å². The summed E-state index contributed by atoms with van der Waals surface area (Å²) in [6.45, 7) is 1.94. The van der Waals surface area contributed by atoms with Crippen molar-refractivity contribution in [3.8, 4) is 0 Å². The number of carbonyl (C=O) groups excluding carboxylic acids is 1. The van der Waals surface area contributed by atoms with Gasteiger partial charge in [-0.15, -0.1) is 0 Å². The van der Waals surface area contributed by atoms with Gasteiger partial charge in [-0.25, -0.2) is 13.1 Å². The van der Waals surface area contributed by atoms with Crippen molar-refractivity contribution in [2.75, 3.05) is 7.05 Å². The third kappa shape index (κ3) is 3.97. The van der Waals surface area contributed by atoms with Crippen molar-refractivity contribution in [2.24, 2.45) is 0 Å². The molecule has 1 aliphatic carbocycles. The smallest absolute Gasteiger partial charge is 0.251 e. The summed E-state index contributed by atoms with van der Waals surface area (Å²) in [6, 6.07) is 12.3. The van der Waals surface area contributed by atoms with Gasteiger partial charge in [-0.3, -0.25) is 4.79 Å². The van der Waals surface area contributed by atoms with Gasteiger partial charge in [0.1, 0.15) is 0 Å². The van der Waals surface area contributed by atoms with E-state index in [2.05, 4.69) is 28.2 Å². The molecule has 3 rings (SSSR count). The van der Waals surface area contributed by atoms with Gasteiger partial charge in [0.15, 0.2) is 0 Å². The summed E-state index contributed by atoms with van der Waals surface area (Å²) in [5.74, 6) is -0.289. The van der Waals surface area contributed by atoms with E-state index in [0.717, 1.165) is 18.4 Å². The van der Waals surface area contributed by atoms with Crippen LogP contribution in [0.4, 0.5) is 0 Å². The summed E-state index contributed by atoms with van der Waals surface area (Å²) < 4.78 is 26.1. The Balaban J connectivity index is 1.76. The monoisotopic (exact) mass is 372 g/mol. The molecule has 1 atom stereocenters. The molecule has 5 nitrogen and oxygen atoms in total. The Labute approximate surface area is 154 Å².